The Balaban J connectivity index is 2.17. The fourth-order valence-corrected chi connectivity index (χ4v) is 1.55. The van der Waals surface area contributed by atoms with Gasteiger partial charge in [0.1, 0.15) is 5.58 Å². The van der Waals surface area contributed by atoms with E-state index in [1.165, 1.54) is 5.56 Å². The lowest BCUT2D eigenvalue weighted by Crippen LogP contribution is -2.15. The number of hydrogen-bond acceptors (Lipinski definition) is 2. The minimum Gasteiger partial charge on any atom is -0.464 e. The van der Waals surface area contributed by atoms with E-state index in [0.717, 1.165) is 23.8 Å². The fraction of sp³-hybridized carbons (Fsp3) is 0.333. The molecule has 0 spiro atoms. The number of furan rings is 1. The van der Waals surface area contributed by atoms with Crippen LogP contribution in [0, 0.1) is 0 Å². The maximum atomic E-state index is 5.71. The molecular weight excluding hydrogens is 174 g/mol. The lowest BCUT2D eigenvalue weighted by atomic mass is 10.1. The van der Waals surface area contributed by atoms with Gasteiger partial charge in [-0.3, -0.25) is 0 Å². The van der Waals surface area contributed by atoms with Gasteiger partial charge in [-0.05, 0) is 37.5 Å². The molecule has 0 amide bonds. The van der Waals surface area contributed by atoms with Crippen molar-refractivity contribution in [2.45, 2.75) is 25.8 Å². The lowest BCUT2D eigenvalue weighted by Gasteiger charge is -2.04. The van der Waals surface area contributed by atoms with Gasteiger partial charge in [0.05, 0.1) is 6.26 Å². The van der Waals surface area contributed by atoms with E-state index >= 15 is 0 Å². The first kappa shape index (κ1) is 9.28. The average molecular weight is 189 g/mol. The van der Waals surface area contributed by atoms with E-state index in [2.05, 4.69) is 18.2 Å². The molecular formula is C12H15NO. The Bertz CT molecular complexity index is 417. The summed E-state index contributed by atoms with van der Waals surface area (Å²) in [4.78, 5) is 0. The van der Waals surface area contributed by atoms with Crippen LogP contribution in [0.15, 0.2) is 34.9 Å². The zero-order valence-corrected chi connectivity index (χ0v) is 8.36. The van der Waals surface area contributed by atoms with Crippen molar-refractivity contribution in [1.82, 2.24) is 0 Å². The Kier molecular flexibility index (Phi) is 2.55. The predicted molar refractivity (Wildman–Crippen MR) is 58.2 cm³/mol. The zero-order valence-electron chi connectivity index (χ0n) is 8.36. The molecule has 0 bridgehead atoms. The Morgan fingerprint density at radius 3 is 3.00 bits per heavy atom. The Labute approximate surface area is 83.7 Å². The highest BCUT2D eigenvalue weighted by Gasteiger charge is 2.00. The van der Waals surface area contributed by atoms with Crippen molar-refractivity contribution in [2.75, 3.05) is 0 Å². The fourth-order valence-electron chi connectivity index (χ4n) is 1.55. The molecule has 2 rings (SSSR count). The van der Waals surface area contributed by atoms with Gasteiger partial charge in [0.2, 0.25) is 0 Å². The van der Waals surface area contributed by atoms with Crippen LogP contribution < -0.4 is 5.73 Å². The zero-order chi connectivity index (χ0) is 9.97. The molecule has 74 valence electrons. The Morgan fingerprint density at radius 1 is 1.36 bits per heavy atom. The molecule has 0 aliphatic carbocycles. The van der Waals surface area contributed by atoms with E-state index < -0.39 is 0 Å². The summed E-state index contributed by atoms with van der Waals surface area (Å²) in [5.41, 5.74) is 7.97. The van der Waals surface area contributed by atoms with Crippen molar-refractivity contribution < 1.29 is 4.42 Å². The van der Waals surface area contributed by atoms with Gasteiger partial charge in [-0.1, -0.05) is 12.1 Å². The number of benzene rings is 1. The summed E-state index contributed by atoms with van der Waals surface area (Å²) in [6, 6.07) is 8.57. The largest absolute Gasteiger partial charge is 0.464 e. The van der Waals surface area contributed by atoms with Gasteiger partial charge in [0.15, 0.2) is 0 Å². The Hall–Kier alpha value is -1.28. The smallest absolute Gasteiger partial charge is 0.134 e. The van der Waals surface area contributed by atoms with Crippen LogP contribution >= 0.6 is 0 Å². The molecule has 1 aromatic carbocycles. The number of rotatable bonds is 3. The summed E-state index contributed by atoms with van der Waals surface area (Å²) in [7, 11) is 0. The van der Waals surface area contributed by atoms with E-state index in [1.807, 2.05) is 13.0 Å². The number of aryl methyl sites for hydroxylation is 1. The van der Waals surface area contributed by atoms with Gasteiger partial charge >= 0.3 is 0 Å². The van der Waals surface area contributed by atoms with Crippen molar-refractivity contribution in [1.29, 1.82) is 0 Å². The number of fused-ring (bicyclic) bond motifs is 1. The summed E-state index contributed by atoms with van der Waals surface area (Å²) in [5.74, 6) is 0. The molecule has 2 N–H and O–H groups in total. The molecule has 1 aromatic heterocycles. The molecule has 0 saturated carbocycles. The van der Waals surface area contributed by atoms with Crippen molar-refractivity contribution in [2.24, 2.45) is 5.73 Å². The quantitative estimate of drug-likeness (QED) is 0.806. The first-order valence-corrected chi connectivity index (χ1v) is 4.97. The van der Waals surface area contributed by atoms with Gasteiger partial charge in [0.25, 0.3) is 0 Å². The van der Waals surface area contributed by atoms with Crippen molar-refractivity contribution in [3.8, 4) is 0 Å². The number of nitrogens with two attached hydrogens (primary N) is 1. The first-order valence-electron chi connectivity index (χ1n) is 4.97. The molecule has 0 aliphatic heterocycles. The maximum Gasteiger partial charge on any atom is 0.134 e. The van der Waals surface area contributed by atoms with Crippen LogP contribution in [0.2, 0.25) is 0 Å². The van der Waals surface area contributed by atoms with Gasteiger partial charge in [-0.25, -0.2) is 0 Å². The van der Waals surface area contributed by atoms with Gasteiger partial charge < -0.3 is 10.2 Å². The molecule has 0 fully saturated rings. The van der Waals surface area contributed by atoms with Crippen LogP contribution in [0.5, 0.6) is 0 Å². The molecule has 1 atom stereocenters. The second-order valence-electron chi connectivity index (χ2n) is 3.81. The van der Waals surface area contributed by atoms with Gasteiger partial charge in [-0.15, -0.1) is 0 Å². The average Bonchev–Trinajstić information content (AvgIpc) is 2.61. The summed E-state index contributed by atoms with van der Waals surface area (Å²) >= 11 is 0. The normalized spacial score (nSPS) is 13.3. The minimum atomic E-state index is 0.266. The van der Waals surface area contributed by atoms with Crippen LogP contribution in [0.3, 0.4) is 0 Å². The second-order valence-corrected chi connectivity index (χ2v) is 3.81. The molecule has 2 aromatic rings. The molecule has 1 unspecified atom stereocenters. The van der Waals surface area contributed by atoms with Crippen molar-refractivity contribution in [3.05, 3.63) is 36.1 Å². The summed E-state index contributed by atoms with van der Waals surface area (Å²) in [5, 5.41) is 1.16. The Morgan fingerprint density at radius 2 is 2.21 bits per heavy atom. The van der Waals surface area contributed by atoms with Gasteiger partial charge in [-0.2, -0.15) is 0 Å². The van der Waals surface area contributed by atoms with Gasteiger partial charge in [0, 0.05) is 11.4 Å². The molecule has 2 nitrogen and oxygen atoms in total. The summed E-state index contributed by atoms with van der Waals surface area (Å²) < 4.78 is 5.33. The molecule has 0 radical (unpaired) electrons. The SMILES string of the molecule is CC(N)CCc1ccc2ccoc2c1. The van der Waals surface area contributed by atoms with Crippen molar-refractivity contribution >= 4 is 11.0 Å². The minimum absolute atomic E-state index is 0.266. The third-order valence-electron chi connectivity index (χ3n) is 2.41. The van der Waals surface area contributed by atoms with E-state index in [0.29, 0.717) is 0 Å². The third kappa shape index (κ3) is 1.96. The van der Waals surface area contributed by atoms with E-state index in [-0.39, 0.29) is 6.04 Å². The predicted octanol–water partition coefficient (Wildman–Crippen LogP) is 2.71. The lowest BCUT2D eigenvalue weighted by molar-refractivity contribution is 0.614. The van der Waals surface area contributed by atoms with Crippen LogP contribution in [-0.4, -0.2) is 6.04 Å². The maximum absolute atomic E-state index is 5.71. The van der Waals surface area contributed by atoms with Crippen LogP contribution in [0.25, 0.3) is 11.0 Å². The summed E-state index contributed by atoms with van der Waals surface area (Å²) in [6.45, 7) is 2.03. The third-order valence-corrected chi connectivity index (χ3v) is 2.41. The van der Waals surface area contributed by atoms with Crippen LogP contribution in [0.4, 0.5) is 0 Å². The standard InChI is InChI=1S/C12H15NO/c1-9(13)2-3-10-4-5-11-6-7-14-12(11)8-10/h4-9H,2-3,13H2,1H3. The first-order chi connectivity index (χ1) is 6.75. The van der Waals surface area contributed by atoms with Crippen molar-refractivity contribution in [3.63, 3.8) is 0 Å². The van der Waals surface area contributed by atoms with E-state index in [4.69, 9.17) is 10.2 Å². The highest BCUT2D eigenvalue weighted by molar-refractivity contribution is 5.77. The molecule has 0 saturated heterocycles. The summed E-state index contributed by atoms with van der Waals surface area (Å²) in [6.07, 6.45) is 3.76. The van der Waals surface area contributed by atoms with E-state index in [1.54, 1.807) is 6.26 Å². The monoisotopic (exact) mass is 189 g/mol. The molecule has 0 aliphatic rings. The van der Waals surface area contributed by atoms with Crippen LogP contribution in [0.1, 0.15) is 18.9 Å². The molecule has 2 heteroatoms. The highest BCUT2D eigenvalue weighted by Crippen LogP contribution is 2.17. The topological polar surface area (TPSA) is 39.2 Å². The molecule has 1 heterocycles. The highest BCUT2D eigenvalue weighted by atomic mass is 16.3. The second kappa shape index (κ2) is 3.84. The van der Waals surface area contributed by atoms with Crippen LogP contribution in [-0.2, 0) is 6.42 Å². The van der Waals surface area contributed by atoms with E-state index in [9.17, 15) is 0 Å². The number of hydrogen-bond donors (Lipinski definition) is 1. The molecule has 14 heavy (non-hydrogen) atoms.